The third-order valence-corrected chi connectivity index (χ3v) is 3.94. The van der Waals surface area contributed by atoms with E-state index in [1.54, 1.807) is 0 Å². The van der Waals surface area contributed by atoms with E-state index in [1.807, 2.05) is 0 Å². The van der Waals surface area contributed by atoms with E-state index in [4.69, 9.17) is 4.74 Å². The highest BCUT2D eigenvalue weighted by Crippen LogP contribution is 2.38. The first-order chi connectivity index (χ1) is 6.79. The Bertz CT molecular complexity index is 169. The Hall–Kier alpha value is -0.0800. The van der Waals surface area contributed by atoms with Crippen molar-refractivity contribution in [2.45, 2.75) is 39.0 Å². The molecule has 0 aromatic heterocycles. The number of nitrogens with one attached hydrogen (secondary N) is 1. The molecule has 14 heavy (non-hydrogen) atoms. The summed E-state index contributed by atoms with van der Waals surface area (Å²) in [5, 5.41) is 3.44. The first-order valence-corrected chi connectivity index (χ1v) is 6.07. The van der Waals surface area contributed by atoms with Crippen molar-refractivity contribution in [3.63, 3.8) is 0 Å². The van der Waals surface area contributed by atoms with Crippen LogP contribution in [0.25, 0.3) is 0 Å². The maximum Gasteiger partial charge on any atom is 0.0471 e. The van der Waals surface area contributed by atoms with Gasteiger partial charge in [0, 0.05) is 13.2 Å². The molecule has 2 rings (SSSR count). The van der Waals surface area contributed by atoms with Crippen molar-refractivity contribution >= 4 is 0 Å². The SMILES string of the molecule is CC1(CC2CCNCC2)CCOCC1. The van der Waals surface area contributed by atoms with E-state index in [9.17, 15) is 0 Å². The van der Waals surface area contributed by atoms with Gasteiger partial charge in [-0.25, -0.2) is 0 Å². The van der Waals surface area contributed by atoms with E-state index in [1.165, 1.54) is 45.2 Å². The summed E-state index contributed by atoms with van der Waals surface area (Å²) in [6.45, 7) is 6.90. The Kier molecular flexibility index (Phi) is 3.45. The minimum atomic E-state index is 0.584. The maximum atomic E-state index is 5.44. The lowest BCUT2D eigenvalue weighted by Crippen LogP contribution is -2.34. The van der Waals surface area contributed by atoms with Gasteiger partial charge >= 0.3 is 0 Å². The van der Waals surface area contributed by atoms with Gasteiger partial charge in [0.05, 0.1) is 0 Å². The number of hydrogen-bond acceptors (Lipinski definition) is 2. The largest absolute Gasteiger partial charge is 0.381 e. The standard InChI is InChI=1S/C12H23NO/c1-12(4-8-14-9-5-12)10-11-2-6-13-7-3-11/h11,13H,2-10H2,1H3. The molecule has 0 spiro atoms. The van der Waals surface area contributed by atoms with Crippen molar-refractivity contribution in [1.82, 2.24) is 5.32 Å². The average Bonchev–Trinajstić information content (AvgIpc) is 2.19. The van der Waals surface area contributed by atoms with Gasteiger partial charge in [0.25, 0.3) is 0 Å². The zero-order chi connectivity index (χ0) is 9.86. The van der Waals surface area contributed by atoms with Gasteiger partial charge in [-0.2, -0.15) is 0 Å². The predicted molar refractivity (Wildman–Crippen MR) is 58.4 cm³/mol. The maximum absolute atomic E-state index is 5.44. The molecule has 2 heterocycles. The van der Waals surface area contributed by atoms with E-state index in [2.05, 4.69) is 12.2 Å². The van der Waals surface area contributed by atoms with Gasteiger partial charge < -0.3 is 10.1 Å². The lowest BCUT2D eigenvalue weighted by atomic mass is 9.73. The van der Waals surface area contributed by atoms with Crippen LogP contribution in [0.4, 0.5) is 0 Å². The van der Waals surface area contributed by atoms with Crippen molar-refractivity contribution in [1.29, 1.82) is 0 Å². The van der Waals surface area contributed by atoms with Crippen LogP contribution in [0.2, 0.25) is 0 Å². The van der Waals surface area contributed by atoms with Crippen molar-refractivity contribution < 1.29 is 4.74 Å². The summed E-state index contributed by atoms with van der Waals surface area (Å²) in [4.78, 5) is 0. The van der Waals surface area contributed by atoms with Gasteiger partial charge in [-0.05, 0) is 56.5 Å². The highest BCUT2D eigenvalue weighted by Gasteiger charge is 2.30. The lowest BCUT2D eigenvalue weighted by Gasteiger charge is -2.37. The van der Waals surface area contributed by atoms with Gasteiger partial charge in [-0.3, -0.25) is 0 Å². The molecule has 2 nitrogen and oxygen atoms in total. The third kappa shape index (κ3) is 2.71. The number of piperidine rings is 1. The molecular formula is C12H23NO. The molecule has 1 N–H and O–H groups in total. The van der Waals surface area contributed by atoms with E-state index < -0.39 is 0 Å². The first-order valence-electron chi connectivity index (χ1n) is 6.07. The molecule has 2 aliphatic rings. The van der Waals surface area contributed by atoms with Gasteiger partial charge in [0.15, 0.2) is 0 Å². The van der Waals surface area contributed by atoms with Gasteiger partial charge in [0.2, 0.25) is 0 Å². The average molecular weight is 197 g/mol. The second kappa shape index (κ2) is 4.63. The summed E-state index contributed by atoms with van der Waals surface area (Å²) in [6.07, 6.45) is 6.75. The molecule has 0 atom stereocenters. The summed E-state index contributed by atoms with van der Waals surface area (Å²) in [5.74, 6) is 0.972. The van der Waals surface area contributed by atoms with Crippen LogP contribution in [0.5, 0.6) is 0 Å². The molecule has 0 saturated carbocycles. The summed E-state index contributed by atoms with van der Waals surface area (Å²) < 4.78 is 5.44. The normalized spacial score (nSPS) is 28.9. The highest BCUT2D eigenvalue weighted by atomic mass is 16.5. The minimum Gasteiger partial charge on any atom is -0.381 e. The van der Waals surface area contributed by atoms with Crippen LogP contribution in [-0.4, -0.2) is 26.3 Å². The van der Waals surface area contributed by atoms with E-state index in [0.29, 0.717) is 5.41 Å². The Balaban J connectivity index is 1.81. The van der Waals surface area contributed by atoms with E-state index in [-0.39, 0.29) is 0 Å². The van der Waals surface area contributed by atoms with Gasteiger partial charge in [0.1, 0.15) is 0 Å². The van der Waals surface area contributed by atoms with Crippen LogP contribution in [-0.2, 0) is 4.74 Å². The molecule has 0 aromatic carbocycles. The molecule has 0 aromatic rings. The van der Waals surface area contributed by atoms with Gasteiger partial charge in [-0.15, -0.1) is 0 Å². The molecule has 0 aliphatic carbocycles. The molecule has 0 unspecified atom stereocenters. The zero-order valence-corrected chi connectivity index (χ0v) is 9.35. The van der Waals surface area contributed by atoms with Crippen LogP contribution in [0.3, 0.4) is 0 Å². The van der Waals surface area contributed by atoms with Crippen LogP contribution in [0, 0.1) is 11.3 Å². The van der Waals surface area contributed by atoms with Crippen molar-refractivity contribution in [2.75, 3.05) is 26.3 Å². The molecule has 0 bridgehead atoms. The molecule has 2 aliphatic heterocycles. The summed E-state index contributed by atoms with van der Waals surface area (Å²) in [6, 6.07) is 0. The fourth-order valence-corrected chi connectivity index (χ4v) is 2.85. The summed E-state index contributed by atoms with van der Waals surface area (Å²) >= 11 is 0. The van der Waals surface area contributed by atoms with E-state index in [0.717, 1.165) is 19.1 Å². The Morgan fingerprint density at radius 2 is 1.86 bits per heavy atom. The minimum absolute atomic E-state index is 0.584. The van der Waals surface area contributed by atoms with Crippen LogP contribution in [0.1, 0.15) is 39.0 Å². The van der Waals surface area contributed by atoms with Gasteiger partial charge in [-0.1, -0.05) is 6.92 Å². The zero-order valence-electron chi connectivity index (χ0n) is 9.35. The molecule has 0 radical (unpaired) electrons. The quantitative estimate of drug-likeness (QED) is 0.732. The molecule has 0 amide bonds. The van der Waals surface area contributed by atoms with Crippen molar-refractivity contribution in [2.24, 2.45) is 11.3 Å². The second-order valence-electron chi connectivity index (χ2n) is 5.32. The summed E-state index contributed by atoms with van der Waals surface area (Å²) in [5.41, 5.74) is 0.584. The fourth-order valence-electron chi connectivity index (χ4n) is 2.85. The number of hydrogen-bond donors (Lipinski definition) is 1. The number of rotatable bonds is 2. The number of ether oxygens (including phenoxy) is 1. The molecule has 2 heteroatoms. The smallest absolute Gasteiger partial charge is 0.0471 e. The molecule has 82 valence electrons. The molecular weight excluding hydrogens is 174 g/mol. The molecule has 2 fully saturated rings. The summed E-state index contributed by atoms with van der Waals surface area (Å²) in [7, 11) is 0. The Morgan fingerprint density at radius 1 is 1.21 bits per heavy atom. The Labute approximate surface area is 87.4 Å². The van der Waals surface area contributed by atoms with Crippen molar-refractivity contribution in [3.05, 3.63) is 0 Å². The third-order valence-electron chi connectivity index (χ3n) is 3.94. The van der Waals surface area contributed by atoms with Crippen molar-refractivity contribution in [3.8, 4) is 0 Å². The topological polar surface area (TPSA) is 21.3 Å². The molecule has 2 saturated heterocycles. The van der Waals surface area contributed by atoms with Crippen LogP contribution in [0.15, 0.2) is 0 Å². The monoisotopic (exact) mass is 197 g/mol. The van der Waals surface area contributed by atoms with E-state index >= 15 is 0 Å². The second-order valence-corrected chi connectivity index (χ2v) is 5.32. The predicted octanol–water partition coefficient (Wildman–Crippen LogP) is 2.19. The highest BCUT2D eigenvalue weighted by molar-refractivity contribution is 4.82. The van der Waals surface area contributed by atoms with Crippen LogP contribution < -0.4 is 5.32 Å². The fraction of sp³-hybridized carbons (Fsp3) is 1.00. The Morgan fingerprint density at radius 3 is 2.50 bits per heavy atom. The van der Waals surface area contributed by atoms with Crippen LogP contribution >= 0.6 is 0 Å². The lowest BCUT2D eigenvalue weighted by molar-refractivity contribution is 0.00941. The first kappa shape index (κ1) is 10.4.